The molecule has 156 valence electrons. The number of hydrogen-bond acceptors (Lipinski definition) is 6. The maximum absolute atomic E-state index is 13.1. The minimum absolute atomic E-state index is 0.0395. The summed E-state index contributed by atoms with van der Waals surface area (Å²) in [7, 11) is 2.47. The average Bonchev–Trinajstić information content (AvgIpc) is 3.16. The van der Waals surface area contributed by atoms with Crippen molar-refractivity contribution in [2.75, 3.05) is 14.2 Å². The quantitative estimate of drug-likeness (QED) is 0.358. The van der Waals surface area contributed by atoms with E-state index in [2.05, 4.69) is 0 Å². The summed E-state index contributed by atoms with van der Waals surface area (Å²) in [6.45, 7) is 0.0950. The van der Waals surface area contributed by atoms with Gasteiger partial charge in [-0.1, -0.05) is 48.5 Å². The molecule has 0 spiro atoms. The highest BCUT2D eigenvalue weighted by Crippen LogP contribution is 2.34. The minimum Gasteiger partial charge on any atom is -0.465 e. The number of ether oxygens (including phenoxy) is 3. The SMILES string of the molecule is COC(=O)c1ccc2c(c1C(=O)OC)c1ccccc1n2C(=O)OCc1ccccc1. The third-order valence-electron chi connectivity index (χ3n) is 5.02. The molecule has 1 heterocycles. The van der Waals surface area contributed by atoms with Crippen LogP contribution in [0.25, 0.3) is 21.8 Å². The predicted octanol–water partition coefficient (Wildman–Crippen LogP) is 4.55. The number of esters is 2. The first-order chi connectivity index (χ1) is 15.1. The number of aromatic nitrogens is 1. The number of rotatable bonds is 4. The van der Waals surface area contributed by atoms with E-state index in [1.807, 2.05) is 30.3 Å². The van der Waals surface area contributed by atoms with Gasteiger partial charge in [-0.3, -0.25) is 0 Å². The molecule has 0 fully saturated rings. The first-order valence-corrected chi connectivity index (χ1v) is 9.50. The lowest BCUT2D eigenvalue weighted by atomic mass is 10.0. The fourth-order valence-electron chi connectivity index (χ4n) is 3.64. The standard InChI is InChI=1S/C24H19NO6/c1-29-22(26)17-12-13-19-20(21(17)23(27)30-2)16-10-6-7-11-18(16)25(19)24(28)31-14-15-8-4-3-5-9-15/h3-13H,14H2,1-2H3. The molecule has 0 N–H and O–H groups in total. The number of fused-ring (bicyclic) bond motifs is 3. The van der Waals surface area contributed by atoms with Gasteiger partial charge in [-0.05, 0) is 23.8 Å². The lowest BCUT2D eigenvalue weighted by molar-refractivity contribution is 0.0557. The van der Waals surface area contributed by atoms with Crippen LogP contribution in [0.2, 0.25) is 0 Å². The Morgan fingerprint density at radius 3 is 2.16 bits per heavy atom. The fourth-order valence-corrected chi connectivity index (χ4v) is 3.64. The van der Waals surface area contributed by atoms with Gasteiger partial charge in [-0.2, -0.15) is 0 Å². The molecule has 0 bridgehead atoms. The fraction of sp³-hybridized carbons (Fsp3) is 0.125. The van der Waals surface area contributed by atoms with Crippen molar-refractivity contribution in [3.05, 3.63) is 83.4 Å². The van der Waals surface area contributed by atoms with Gasteiger partial charge in [0.1, 0.15) is 6.61 Å². The Kier molecular flexibility index (Phi) is 5.41. The van der Waals surface area contributed by atoms with Gasteiger partial charge in [0.05, 0.1) is 36.4 Å². The van der Waals surface area contributed by atoms with Crippen LogP contribution in [0.15, 0.2) is 66.7 Å². The summed E-state index contributed by atoms with van der Waals surface area (Å²) in [5, 5.41) is 1.03. The lowest BCUT2D eigenvalue weighted by Crippen LogP contribution is -2.15. The molecule has 4 aromatic rings. The van der Waals surface area contributed by atoms with Crippen LogP contribution >= 0.6 is 0 Å². The second-order valence-electron chi connectivity index (χ2n) is 6.76. The maximum atomic E-state index is 13.1. The van der Waals surface area contributed by atoms with Gasteiger partial charge in [-0.15, -0.1) is 0 Å². The molecule has 0 saturated carbocycles. The summed E-state index contributed by atoms with van der Waals surface area (Å²) in [5.74, 6) is -1.38. The highest BCUT2D eigenvalue weighted by molar-refractivity contribution is 6.22. The van der Waals surface area contributed by atoms with Gasteiger partial charge >= 0.3 is 18.0 Å². The summed E-state index contributed by atoms with van der Waals surface area (Å²) in [6, 6.07) is 19.4. The van der Waals surface area contributed by atoms with E-state index >= 15 is 0 Å². The molecule has 1 aromatic heterocycles. The van der Waals surface area contributed by atoms with Crippen LogP contribution in [-0.4, -0.2) is 36.8 Å². The molecule has 0 aliphatic rings. The summed E-state index contributed by atoms with van der Waals surface area (Å²) < 4.78 is 16.7. The van der Waals surface area contributed by atoms with Crippen molar-refractivity contribution in [2.24, 2.45) is 0 Å². The van der Waals surface area contributed by atoms with Crippen LogP contribution < -0.4 is 0 Å². The van der Waals surface area contributed by atoms with E-state index in [1.54, 1.807) is 30.3 Å². The van der Waals surface area contributed by atoms with E-state index in [4.69, 9.17) is 14.2 Å². The van der Waals surface area contributed by atoms with Gasteiger partial charge in [-0.25, -0.2) is 19.0 Å². The first-order valence-electron chi connectivity index (χ1n) is 9.50. The van der Waals surface area contributed by atoms with Crippen LogP contribution in [0.1, 0.15) is 26.3 Å². The summed E-state index contributed by atoms with van der Waals surface area (Å²) in [4.78, 5) is 38.0. The second kappa shape index (κ2) is 8.31. The number of para-hydroxylation sites is 1. The molecular weight excluding hydrogens is 398 g/mol. The molecule has 0 atom stereocenters. The van der Waals surface area contributed by atoms with Crippen LogP contribution in [0.4, 0.5) is 4.79 Å². The molecule has 0 saturated heterocycles. The third-order valence-corrected chi connectivity index (χ3v) is 5.02. The Bertz CT molecular complexity index is 1310. The van der Waals surface area contributed by atoms with E-state index in [0.29, 0.717) is 21.8 Å². The van der Waals surface area contributed by atoms with E-state index < -0.39 is 18.0 Å². The molecule has 0 radical (unpaired) electrons. The first kappa shape index (κ1) is 20.2. The van der Waals surface area contributed by atoms with Crippen molar-refractivity contribution in [3.8, 4) is 0 Å². The number of methoxy groups -OCH3 is 2. The zero-order valence-electron chi connectivity index (χ0n) is 17.0. The number of benzene rings is 3. The Morgan fingerprint density at radius 2 is 1.45 bits per heavy atom. The van der Waals surface area contributed by atoms with Gasteiger partial charge in [0.2, 0.25) is 0 Å². The van der Waals surface area contributed by atoms with Crippen molar-refractivity contribution in [3.63, 3.8) is 0 Å². The van der Waals surface area contributed by atoms with E-state index in [-0.39, 0.29) is 17.7 Å². The Labute approximate surface area is 177 Å². The topological polar surface area (TPSA) is 83.8 Å². The Morgan fingerprint density at radius 1 is 0.774 bits per heavy atom. The molecule has 0 amide bonds. The lowest BCUT2D eigenvalue weighted by Gasteiger charge is -2.10. The second-order valence-corrected chi connectivity index (χ2v) is 6.76. The van der Waals surface area contributed by atoms with Crippen LogP contribution in [0.5, 0.6) is 0 Å². The molecular formula is C24H19NO6. The molecule has 0 aliphatic heterocycles. The summed E-state index contributed by atoms with van der Waals surface area (Å²) in [6.07, 6.45) is -0.600. The smallest absolute Gasteiger partial charge is 0.419 e. The minimum atomic E-state index is -0.702. The van der Waals surface area contributed by atoms with Crippen molar-refractivity contribution in [1.82, 2.24) is 4.57 Å². The van der Waals surface area contributed by atoms with Gasteiger partial charge in [0.15, 0.2) is 0 Å². The highest BCUT2D eigenvalue weighted by atomic mass is 16.5. The van der Waals surface area contributed by atoms with Gasteiger partial charge in [0.25, 0.3) is 0 Å². The summed E-state index contributed by atoms with van der Waals surface area (Å²) in [5.41, 5.74) is 1.91. The maximum Gasteiger partial charge on any atom is 0.419 e. The van der Waals surface area contributed by atoms with E-state index in [9.17, 15) is 14.4 Å². The average molecular weight is 417 g/mol. The number of hydrogen-bond donors (Lipinski definition) is 0. The molecule has 3 aromatic carbocycles. The Balaban J connectivity index is 1.92. The molecule has 0 aliphatic carbocycles. The number of carbonyl (C=O) groups is 3. The number of carbonyl (C=O) groups excluding carboxylic acids is 3. The van der Waals surface area contributed by atoms with Crippen LogP contribution in [0, 0.1) is 0 Å². The zero-order chi connectivity index (χ0) is 22.0. The van der Waals surface area contributed by atoms with Gasteiger partial charge < -0.3 is 14.2 Å². The molecule has 7 nitrogen and oxygen atoms in total. The molecule has 7 heteroatoms. The summed E-state index contributed by atoms with van der Waals surface area (Å²) >= 11 is 0. The third kappa shape index (κ3) is 3.50. The molecule has 0 unspecified atom stereocenters. The van der Waals surface area contributed by atoms with E-state index in [0.717, 1.165) is 5.56 Å². The van der Waals surface area contributed by atoms with Crippen molar-refractivity contribution in [1.29, 1.82) is 0 Å². The van der Waals surface area contributed by atoms with Crippen molar-refractivity contribution < 1.29 is 28.6 Å². The van der Waals surface area contributed by atoms with Crippen LogP contribution in [0.3, 0.4) is 0 Å². The highest BCUT2D eigenvalue weighted by Gasteiger charge is 2.27. The monoisotopic (exact) mass is 417 g/mol. The zero-order valence-corrected chi connectivity index (χ0v) is 17.0. The van der Waals surface area contributed by atoms with Gasteiger partial charge in [0, 0.05) is 10.8 Å². The normalized spacial score (nSPS) is 10.8. The molecule has 31 heavy (non-hydrogen) atoms. The van der Waals surface area contributed by atoms with Crippen molar-refractivity contribution in [2.45, 2.75) is 6.61 Å². The number of nitrogens with zero attached hydrogens (tertiary/aromatic N) is 1. The largest absolute Gasteiger partial charge is 0.465 e. The van der Waals surface area contributed by atoms with Crippen molar-refractivity contribution >= 4 is 39.8 Å². The predicted molar refractivity (Wildman–Crippen MR) is 114 cm³/mol. The Hall–Kier alpha value is -4.13. The molecule has 4 rings (SSSR count). The van der Waals surface area contributed by atoms with E-state index in [1.165, 1.54) is 24.9 Å². The van der Waals surface area contributed by atoms with Crippen LogP contribution in [-0.2, 0) is 20.8 Å².